The van der Waals surface area contributed by atoms with Gasteiger partial charge < -0.3 is 15.5 Å². The topological polar surface area (TPSA) is 47.6 Å². The summed E-state index contributed by atoms with van der Waals surface area (Å²) in [6.07, 6.45) is 0.730. The summed E-state index contributed by atoms with van der Waals surface area (Å²) in [5.74, 6) is 0.0468. The molecular formula is C26H30N4OS. The average Bonchev–Trinajstić information content (AvgIpc) is 3.19. The molecule has 0 saturated carbocycles. The van der Waals surface area contributed by atoms with E-state index in [1.807, 2.05) is 0 Å². The minimum absolute atomic E-state index is 0.0468. The maximum Gasteiger partial charge on any atom is 0.256 e. The summed E-state index contributed by atoms with van der Waals surface area (Å²) in [5.41, 5.74) is 5.72. The molecule has 166 valence electrons. The van der Waals surface area contributed by atoms with Crippen molar-refractivity contribution in [3.8, 4) is 0 Å². The zero-order valence-corrected chi connectivity index (χ0v) is 19.5. The molecule has 0 bridgehead atoms. The molecule has 1 atom stereocenters. The standard InChI is InChI=1S/C26H30N4OS/c1-3-30(4-2)20-12-10-19(11-13-20)24-27-25(31)23-21-14-15-29(16-18-8-6-5-7-9-18)17-22(21)32-26(23)28-24/h5-13,24,28H,3-4,14-17H2,1-2H3,(H,27,31)/t24-/m1/s1. The quantitative estimate of drug-likeness (QED) is 0.559. The number of nitrogens with one attached hydrogen (secondary N) is 2. The van der Waals surface area contributed by atoms with Gasteiger partial charge in [-0.15, -0.1) is 11.3 Å². The Morgan fingerprint density at radius 3 is 2.50 bits per heavy atom. The van der Waals surface area contributed by atoms with Crippen molar-refractivity contribution in [3.05, 3.63) is 81.7 Å². The first-order chi connectivity index (χ1) is 15.7. The van der Waals surface area contributed by atoms with Crippen molar-refractivity contribution in [1.82, 2.24) is 10.2 Å². The lowest BCUT2D eigenvalue weighted by molar-refractivity contribution is 0.0934. The predicted molar refractivity (Wildman–Crippen MR) is 132 cm³/mol. The number of amides is 1. The lowest BCUT2D eigenvalue weighted by atomic mass is 10.00. The van der Waals surface area contributed by atoms with E-state index in [1.165, 1.54) is 21.7 Å². The van der Waals surface area contributed by atoms with Gasteiger partial charge in [-0.05, 0) is 49.1 Å². The third-order valence-corrected chi connectivity index (χ3v) is 7.67. The van der Waals surface area contributed by atoms with E-state index in [2.05, 4.69) is 88.9 Å². The Hall–Kier alpha value is -2.83. The maximum atomic E-state index is 13.1. The molecule has 5 rings (SSSR count). The number of fused-ring (bicyclic) bond motifs is 3. The zero-order valence-electron chi connectivity index (χ0n) is 18.7. The van der Waals surface area contributed by atoms with Gasteiger partial charge >= 0.3 is 0 Å². The van der Waals surface area contributed by atoms with Gasteiger partial charge in [-0.25, -0.2) is 0 Å². The molecule has 1 aromatic heterocycles. The number of benzene rings is 2. The summed E-state index contributed by atoms with van der Waals surface area (Å²) < 4.78 is 0. The van der Waals surface area contributed by atoms with Gasteiger partial charge in [-0.2, -0.15) is 0 Å². The Bertz CT molecular complexity index is 1090. The van der Waals surface area contributed by atoms with Crippen molar-refractivity contribution in [2.24, 2.45) is 0 Å². The van der Waals surface area contributed by atoms with Crippen LogP contribution in [0.3, 0.4) is 0 Å². The molecule has 3 heterocycles. The van der Waals surface area contributed by atoms with Gasteiger partial charge in [0.25, 0.3) is 5.91 Å². The number of carbonyl (C=O) groups excluding carboxylic acids is 1. The van der Waals surface area contributed by atoms with Crippen molar-refractivity contribution in [3.63, 3.8) is 0 Å². The third-order valence-electron chi connectivity index (χ3n) is 6.52. The van der Waals surface area contributed by atoms with Crippen LogP contribution in [0.4, 0.5) is 10.7 Å². The molecule has 2 aliphatic rings. The Morgan fingerprint density at radius 2 is 1.78 bits per heavy atom. The number of anilines is 2. The smallest absolute Gasteiger partial charge is 0.256 e. The summed E-state index contributed by atoms with van der Waals surface area (Å²) >= 11 is 1.75. The van der Waals surface area contributed by atoms with Crippen LogP contribution in [0.25, 0.3) is 0 Å². The van der Waals surface area contributed by atoms with E-state index in [1.54, 1.807) is 11.3 Å². The molecule has 5 nitrogen and oxygen atoms in total. The number of hydrogen-bond acceptors (Lipinski definition) is 5. The zero-order chi connectivity index (χ0) is 22.1. The summed E-state index contributed by atoms with van der Waals surface area (Å²) in [4.78, 5) is 19.2. The summed E-state index contributed by atoms with van der Waals surface area (Å²) in [5, 5.41) is 7.79. The molecule has 0 fully saturated rings. The first kappa shape index (κ1) is 21.0. The van der Waals surface area contributed by atoms with Crippen LogP contribution in [0.1, 0.15) is 51.9 Å². The van der Waals surface area contributed by atoms with E-state index in [-0.39, 0.29) is 12.1 Å². The van der Waals surface area contributed by atoms with Crippen molar-refractivity contribution in [1.29, 1.82) is 0 Å². The van der Waals surface area contributed by atoms with E-state index in [4.69, 9.17) is 0 Å². The fourth-order valence-electron chi connectivity index (χ4n) is 4.78. The molecule has 2 aromatic carbocycles. The number of hydrogen-bond donors (Lipinski definition) is 2. The number of nitrogens with zero attached hydrogens (tertiary/aromatic N) is 2. The highest BCUT2D eigenvalue weighted by atomic mass is 32.1. The van der Waals surface area contributed by atoms with Crippen molar-refractivity contribution < 1.29 is 4.79 Å². The van der Waals surface area contributed by atoms with E-state index >= 15 is 0 Å². The molecule has 0 spiro atoms. The molecule has 32 heavy (non-hydrogen) atoms. The Balaban J connectivity index is 1.33. The fraction of sp³-hybridized carbons (Fsp3) is 0.346. The second kappa shape index (κ2) is 8.96. The molecule has 0 radical (unpaired) electrons. The summed E-state index contributed by atoms with van der Waals surface area (Å²) in [6.45, 7) is 9.14. The molecule has 2 aliphatic heterocycles. The van der Waals surface area contributed by atoms with Crippen LogP contribution in [-0.4, -0.2) is 30.4 Å². The van der Waals surface area contributed by atoms with Crippen molar-refractivity contribution in [2.75, 3.05) is 29.9 Å². The second-order valence-corrected chi connectivity index (χ2v) is 9.57. The Morgan fingerprint density at radius 1 is 1.03 bits per heavy atom. The van der Waals surface area contributed by atoms with E-state index in [0.29, 0.717) is 0 Å². The molecular weight excluding hydrogens is 416 g/mol. The van der Waals surface area contributed by atoms with Crippen molar-refractivity contribution >= 4 is 27.9 Å². The highest BCUT2D eigenvalue weighted by Gasteiger charge is 2.33. The lowest BCUT2D eigenvalue weighted by Gasteiger charge is -2.29. The van der Waals surface area contributed by atoms with E-state index < -0.39 is 0 Å². The number of carbonyl (C=O) groups is 1. The molecule has 0 saturated heterocycles. The van der Waals surface area contributed by atoms with Crippen molar-refractivity contribution in [2.45, 2.75) is 39.5 Å². The monoisotopic (exact) mass is 446 g/mol. The van der Waals surface area contributed by atoms with Crippen LogP contribution in [0, 0.1) is 0 Å². The predicted octanol–water partition coefficient (Wildman–Crippen LogP) is 5.01. The van der Waals surface area contributed by atoms with E-state index in [0.717, 1.165) is 55.3 Å². The lowest BCUT2D eigenvalue weighted by Crippen LogP contribution is -2.38. The second-order valence-electron chi connectivity index (χ2n) is 8.47. The number of thiophene rings is 1. The van der Waals surface area contributed by atoms with Crippen LogP contribution in [0.5, 0.6) is 0 Å². The highest BCUT2D eigenvalue weighted by molar-refractivity contribution is 7.16. The summed E-state index contributed by atoms with van der Waals surface area (Å²) in [6, 6.07) is 19.1. The average molecular weight is 447 g/mol. The van der Waals surface area contributed by atoms with Gasteiger partial charge in [0, 0.05) is 43.3 Å². The summed E-state index contributed by atoms with van der Waals surface area (Å²) in [7, 11) is 0. The van der Waals surface area contributed by atoms with Crippen LogP contribution in [0.2, 0.25) is 0 Å². The van der Waals surface area contributed by atoms with Gasteiger partial charge in [-0.1, -0.05) is 42.5 Å². The van der Waals surface area contributed by atoms with Gasteiger partial charge in [0.15, 0.2) is 0 Å². The first-order valence-electron chi connectivity index (χ1n) is 11.5. The van der Waals surface area contributed by atoms with Crippen LogP contribution in [-0.2, 0) is 19.5 Å². The van der Waals surface area contributed by atoms with Gasteiger partial charge in [-0.3, -0.25) is 9.69 Å². The molecule has 1 amide bonds. The molecule has 0 unspecified atom stereocenters. The minimum atomic E-state index is -0.193. The Labute approximate surface area is 194 Å². The van der Waals surface area contributed by atoms with Crippen LogP contribution < -0.4 is 15.5 Å². The molecule has 0 aliphatic carbocycles. The van der Waals surface area contributed by atoms with E-state index in [9.17, 15) is 4.79 Å². The molecule has 6 heteroatoms. The first-order valence-corrected chi connectivity index (χ1v) is 12.3. The van der Waals surface area contributed by atoms with Gasteiger partial charge in [0.1, 0.15) is 11.2 Å². The normalized spacial score (nSPS) is 17.8. The minimum Gasteiger partial charge on any atom is -0.372 e. The highest BCUT2D eigenvalue weighted by Crippen LogP contribution is 2.41. The SMILES string of the molecule is CCN(CC)c1ccc([C@@H]2NC(=O)c3c(sc4c3CCN(Cc3ccccc3)C4)N2)cc1. The molecule has 2 N–H and O–H groups in total. The maximum absolute atomic E-state index is 13.1. The molecule has 3 aromatic rings. The van der Waals surface area contributed by atoms with Crippen LogP contribution >= 0.6 is 11.3 Å². The van der Waals surface area contributed by atoms with Crippen LogP contribution in [0.15, 0.2) is 54.6 Å². The van der Waals surface area contributed by atoms with Gasteiger partial charge in [0.2, 0.25) is 0 Å². The Kier molecular flexibility index (Phi) is 5.89. The largest absolute Gasteiger partial charge is 0.372 e. The third kappa shape index (κ3) is 4.00. The van der Waals surface area contributed by atoms with Gasteiger partial charge in [0.05, 0.1) is 5.56 Å². The number of rotatable bonds is 6. The fourth-order valence-corrected chi connectivity index (χ4v) is 6.09.